The lowest BCUT2D eigenvalue weighted by molar-refractivity contribution is -0.157. The van der Waals surface area contributed by atoms with Crippen LogP contribution in [0, 0.1) is 23.2 Å². The summed E-state index contributed by atoms with van der Waals surface area (Å²) in [6, 6.07) is 0. The van der Waals surface area contributed by atoms with Gasteiger partial charge in [0.15, 0.2) is 0 Å². The van der Waals surface area contributed by atoms with E-state index in [9.17, 15) is 9.90 Å². The lowest BCUT2D eigenvalue weighted by Gasteiger charge is -2.42. The maximum atomic E-state index is 11.5. The molecule has 0 aliphatic heterocycles. The van der Waals surface area contributed by atoms with E-state index >= 15 is 0 Å². The van der Waals surface area contributed by atoms with Crippen LogP contribution in [0.15, 0.2) is 0 Å². The highest BCUT2D eigenvalue weighted by Gasteiger charge is 2.46. The number of carbonyl (C=O) groups is 1. The van der Waals surface area contributed by atoms with Gasteiger partial charge in [-0.15, -0.1) is 0 Å². The molecule has 1 N–H and O–H groups in total. The average molecular weight is 212 g/mol. The molecule has 1 unspecified atom stereocenters. The van der Waals surface area contributed by atoms with E-state index in [2.05, 4.69) is 27.7 Å². The first kappa shape index (κ1) is 12.5. The van der Waals surface area contributed by atoms with Gasteiger partial charge in [-0.1, -0.05) is 27.7 Å². The van der Waals surface area contributed by atoms with E-state index < -0.39 is 11.4 Å². The lowest BCUT2D eigenvalue weighted by Crippen LogP contribution is -2.42. The molecule has 1 fully saturated rings. The molecule has 0 radical (unpaired) electrons. The van der Waals surface area contributed by atoms with E-state index in [0.29, 0.717) is 11.8 Å². The highest BCUT2D eigenvalue weighted by Crippen LogP contribution is 2.47. The fraction of sp³-hybridized carbons (Fsp3) is 0.923. The maximum Gasteiger partial charge on any atom is 0.309 e. The molecule has 1 aliphatic rings. The minimum absolute atomic E-state index is 0.280. The number of rotatable bonds is 3. The molecule has 1 rings (SSSR count). The van der Waals surface area contributed by atoms with Crippen molar-refractivity contribution in [1.29, 1.82) is 0 Å². The van der Waals surface area contributed by atoms with Crippen molar-refractivity contribution in [3.8, 4) is 0 Å². The van der Waals surface area contributed by atoms with Gasteiger partial charge in [-0.05, 0) is 43.4 Å². The molecule has 15 heavy (non-hydrogen) atoms. The van der Waals surface area contributed by atoms with Crippen molar-refractivity contribution >= 4 is 5.97 Å². The van der Waals surface area contributed by atoms with Crippen molar-refractivity contribution in [3.63, 3.8) is 0 Å². The molecule has 0 aromatic rings. The van der Waals surface area contributed by atoms with Crippen molar-refractivity contribution in [1.82, 2.24) is 0 Å². The summed E-state index contributed by atoms with van der Waals surface area (Å²) in [5.74, 6) is 0.865. The largest absolute Gasteiger partial charge is 0.481 e. The molecule has 0 amide bonds. The fourth-order valence-corrected chi connectivity index (χ4v) is 2.78. The molecule has 0 bridgehead atoms. The van der Waals surface area contributed by atoms with Crippen LogP contribution >= 0.6 is 0 Å². The highest BCUT2D eigenvalue weighted by molar-refractivity contribution is 5.75. The first-order valence-corrected chi connectivity index (χ1v) is 6.13. The number of carboxylic acid groups (broad SMARTS) is 1. The minimum atomic E-state index is -0.574. The van der Waals surface area contributed by atoms with Gasteiger partial charge in [0.1, 0.15) is 0 Å². The predicted octanol–water partition coefficient (Wildman–Crippen LogP) is 3.56. The van der Waals surface area contributed by atoms with Gasteiger partial charge < -0.3 is 5.11 Å². The summed E-state index contributed by atoms with van der Waals surface area (Å²) in [5.41, 5.74) is -0.444. The van der Waals surface area contributed by atoms with Gasteiger partial charge in [-0.3, -0.25) is 4.79 Å². The number of aliphatic carboxylic acids is 1. The Kier molecular flexibility index (Phi) is 3.80. The summed E-state index contributed by atoms with van der Waals surface area (Å²) in [4.78, 5) is 11.5. The Hall–Kier alpha value is -0.530. The smallest absolute Gasteiger partial charge is 0.309 e. The van der Waals surface area contributed by atoms with E-state index in [0.717, 1.165) is 25.7 Å². The van der Waals surface area contributed by atoms with E-state index in [4.69, 9.17) is 0 Å². The van der Waals surface area contributed by atoms with Crippen LogP contribution < -0.4 is 0 Å². The third-order valence-electron chi connectivity index (χ3n) is 4.46. The predicted molar refractivity (Wildman–Crippen MR) is 61.7 cm³/mol. The number of hydrogen-bond acceptors (Lipinski definition) is 1. The summed E-state index contributed by atoms with van der Waals surface area (Å²) in [7, 11) is 0. The Morgan fingerprint density at radius 1 is 1.27 bits per heavy atom. The van der Waals surface area contributed by atoms with Gasteiger partial charge in [0, 0.05) is 0 Å². The Morgan fingerprint density at radius 2 is 1.73 bits per heavy atom. The second kappa shape index (κ2) is 4.54. The molecule has 0 saturated heterocycles. The van der Waals surface area contributed by atoms with Crippen LogP contribution in [-0.4, -0.2) is 11.1 Å². The van der Waals surface area contributed by atoms with Crippen molar-refractivity contribution < 1.29 is 9.90 Å². The van der Waals surface area contributed by atoms with Crippen molar-refractivity contribution in [2.24, 2.45) is 23.2 Å². The molecule has 2 heteroatoms. The molecule has 0 aromatic carbocycles. The molecule has 0 heterocycles. The monoisotopic (exact) mass is 212 g/mol. The van der Waals surface area contributed by atoms with Gasteiger partial charge in [-0.25, -0.2) is 0 Å². The average Bonchev–Trinajstić information content (AvgIpc) is 2.17. The van der Waals surface area contributed by atoms with E-state index in [1.165, 1.54) is 0 Å². The highest BCUT2D eigenvalue weighted by atomic mass is 16.4. The van der Waals surface area contributed by atoms with E-state index in [-0.39, 0.29) is 5.92 Å². The zero-order valence-corrected chi connectivity index (χ0v) is 10.4. The van der Waals surface area contributed by atoms with E-state index in [1.807, 2.05) is 0 Å². The van der Waals surface area contributed by atoms with E-state index in [1.54, 1.807) is 0 Å². The summed E-state index contributed by atoms with van der Waals surface area (Å²) in [5, 5.41) is 9.49. The zero-order valence-electron chi connectivity index (χ0n) is 10.4. The standard InChI is InChI=1S/C13H24O2/c1-9(2)11(4)13(12(14)15)7-5-10(3)6-8-13/h9-11H,5-8H2,1-4H3,(H,14,15). The molecule has 88 valence electrons. The quantitative estimate of drug-likeness (QED) is 0.776. The van der Waals surface area contributed by atoms with Crippen LogP contribution in [0.5, 0.6) is 0 Å². The number of carboxylic acids is 1. The normalized spacial score (nSPS) is 34.1. The molecule has 1 saturated carbocycles. The Bertz CT molecular complexity index is 225. The van der Waals surface area contributed by atoms with Crippen LogP contribution in [0.25, 0.3) is 0 Å². The van der Waals surface area contributed by atoms with Gasteiger partial charge in [0.2, 0.25) is 0 Å². The lowest BCUT2D eigenvalue weighted by atomic mass is 9.61. The summed E-state index contributed by atoms with van der Waals surface area (Å²) >= 11 is 0. The molecule has 0 spiro atoms. The molecule has 1 aliphatic carbocycles. The third kappa shape index (κ3) is 2.35. The fourth-order valence-electron chi connectivity index (χ4n) is 2.78. The SMILES string of the molecule is CC1CCC(C(=O)O)(C(C)C(C)C)CC1. The first-order chi connectivity index (χ1) is 6.90. The maximum absolute atomic E-state index is 11.5. The van der Waals surface area contributed by atoms with Crippen molar-refractivity contribution in [2.45, 2.75) is 53.4 Å². The summed E-state index contributed by atoms with van der Waals surface area (Å²) in [6.07, 6.45) is 3.87. The number of hydrogen-bond donors (Lipinski definition) is 1. The van der Waals surface area contributed by atoms with Gasteiger partial charge in [0.05, 0.1) is 5.41 Å². The van der Waals surface area contributed by atoms with Gasteiger partial charge >= 0.3 is 5.97 Å². The molecule has 1 atom stereocenters. The Balaban J connectivity index is 2.85. The molecule has 0 aromatic heterocycles. The van der Waals surface area contributed by atoms with Gasteiger partial charge in [-0.2, -0.15) is 0 Å². The van der Waals surface area contributed by atoms with Gasteiger partial charge in [0.25, 0.3) is 0 Å². The molecule has 2 nitrogen and oxygen atoms in total. The second-order valence-corrected chi connectivity index (χ2v) is 5.68. The zero-order chi connectivity index (χ0) is 11.6. The van der Waals surface area contributed by atoms with Crippen LogP contribution in [-0.2, 0) is 4.79 Å². The van der Waals surface area contributed by atoms with Crippen molar-refractivity contribution in [3.05, 3.63) is 0 Å². The topological polar surface area (TPSA) is 37.3 Å². The minimum Gasteiger partial charge on any atom is -0.481 e. The third-order valence-corrected chi connectivity index (χ3v) is 4.46. The summed E-state index contributed by atoms with van der Waals surface area (Å²) < 4.78 is 0. The first-order valence-electron chi connectivity index (χ1n) is 6.13. The van der Waals surface area contributed by atoms with Crippen molar-refractivity contribution in [2.75, 3.05) is 0 Å². The van der Waals surface area contributed by atoms with Crippen LogP contribution in [0.2, 0.25) is 0 Å². The molecular weight excluding hydrogens is 188 g/mol. The second-order valence-electron chi connectivity index (χ2n) is 5.68. The van der Waals surface area contributed by atoms with Crippen LogP contribution in [0.1, 0.15) is 53.4 Å². The molecular formula is C13H24O2. The Labute approximate surface area is 93.1 Å². The summed E-state index contributed by atoms with van der Waals surface area (Å²) in [6.45, 7) is 8.60. The van der Waals surface area contributed by atoms with Crippen LogP contribution in [0.3, 0.4) is 0 Å². The Morgan fingerprint density at radius 3 is 2.07 bits per heavy atom. The van der Waals surface area contributed by atoms with Crippen LogP contribution in [0.4, 0.5) is 0 Å².